The molecule has 0 N–H and O–H groups in total. The average molecular weight is 225 g/mol. The molecule has 2 rings (SSSR count). The molecule has 0 fully saturated rings. The lowest BCUT2D eigenvalue weighted by molar-refractivity contribution is 0.710. The average Bonchev–Trinajstić information content (AvgIpc) is 2.33. The van der Waals surface area contributed by atoms with E-state index in [0.717, 1.165) is 11.1 Å². The van der Waals surface area contributed by atoms with Gasteiger partial charge < -0.3 is 0 Å². The summed E-state index contributed by atoms with van der Waals surface area (Å²) in [5.41, 5.74) is 2.53. The van der Waals surface area contributed by atoms with Crippen LogP contribution in [0.3, 0.4) is 0 Å². The number of hydrogen-bond acceptors (Lipinski definition) is 3. The van der Waals surface area contributed by atoms with Gasteiger partial charge in [-0.15, -0.1) is 0 Å². The van der Waals surface area contributed by atoms with Crippen molar-refractivity contribution < 1.29 is 0 Å². The topological polar surface area (TPSA) is 58.7 Å². The van der Waals surface area contributed by atoms with Gasteiger partial charge in [0.05, 0.1) is 5.56 Å². The van der Waals surface area contributed by atoms with Crippen molar-refractivity contribution in [2.24, 2.45) is 7.05 Å². The summed E-state index contributed by atoms with van der Waals surface area (Å²) < 4.78 is 1.23. The summed E-state index contributed by atoms with van der Waals surface area (Å²) >= 11 is 0. The van der Waals surface area contributed by atoms with E-state index in [0.29, 0.717) is 11.3 Å². The standard InChI is InChI=1S/C13H11N3O/c1-9-3-5-10(6-4-9)13-11(8-14)7-12(17)16(2)15-13/h3-7H,1-2H3. The molecule has 1 aromatic carbocycles. The Hall–Kier alpha value is -2.41. The van der Waals surface area contributed by atoms with Crippen LogP contribution in [0.1, 0.15) is 11.1 Å². The highest BCUT2D eigenvalue weighted by Gasteiger charge is 2.08. The molecular weight excluding hydrogens is 214 g/mol. The highest BCUT2D eigenvalue weighted by atomic mass is 16.1. The van der Waals surface area contributed by atoms with Crippen LogP contribution in [0.2, 0.25) is 0 Å². The van der Waals surface area contributed by atoms with Crippen LogP contribution in [-0.2, 0) is 7.05 Å². The van der Waals surface area contributed by atoms with Crippen LogP contribution in [0.4, 0.5) is 0 Å². The van der Waals surface area contributed by atoms with Crippen molar-refractivity contribution in [2.75, 3.05) is 0 Å². The Labute approximate surface area is 98.8 Å². The summed E-state index contributed by atoms with van der Waals surface area (Å²) in [4.78, 5) is 11.4. The summed E-state index contributed by atoms with van der Waals surface area (Å²) in [6, 6.07) is 11.0. The molecule has 0 aliphatic heterocycles. The molecule has 84 valence electrons. The number of benzene rings is 1. The van der Waals surface area contributed by atoms with Gasteiger partial charge in [0, 0.05) is 18.7 Å². The van der Waals surface area contributed by atoms with Gasteiger partial charge >= 0.3 is 0 Å². The van der Waals surface area contributed by atoms with Crippen LogP contribution in [-0.4, -0.2) is 9.78 Å². The fourth-order valence-corrected chi connectivity index (χ4v) is 1.55. The monoisotopic (exact) mass is 225 g/mol. The molecule has 0 saturated carbocycles. The van der Waals surface area contributed by atoms with Gasteiger partial charge in [0.15, 0.2) is 0 Å². The number of rotatable bonds is 1. The van der Waals surface area contributed by atoms with E-state index >= 15 is 0 Å². The molecule has 0 atom stereocenters. The molecule has 17 heavy (non-hydrogen) atoms. The molecule has 0 unspecified atom stereocenters. The first-order valence-corrected chi connectivity index (χ1v) is 5.17. The number of hydrogen-bond donors (Lipinski definition) is 0. The Bertz CT molecular complexity index is 648. The van der Waals surface area contributed by atoms with Gasteiger partial charge in [0.1, 0.15) is 11.8 Å². The zero-order valence-corrected chi connectivity index (χ0v) is 9.64. The molecule has 2 aromatic rings. The van der Waals surface area contributed by atoms with Crippen molar-refractivity contribution in [3.05, 3.63) is 51.8 Å². The highest BCUT2D eigenvalue weighted by Crippen LogP contribution is 2.19. The first-order chi connectivity index (χ1) is 8.11. The van der Waals surface area contributed by atoms with Crippen molar-refractivity contribution in [1.29, 1.82) is 5.26 Å². The second-order valence-corrected chi connectivity index (χ2v) is 3.85. The van der Waals surface area contributed by atoms with Crippen LogP contribution >= 0.6 is 0 Å². The van der Waals surface area contributed by atoms with Crippen molar-refractivity contribution in [3.63, 3.8) is 0 Å². The van der Waals surface area contributed by atoms with Gasteiger partial charge in [-0.1, -0.05) is 29.8 Å². The Kier molecular flexibility index (Phi) is 2.75. The van der Waals surface area contributed by atoms with E-state index < -0.39 is 0 Å². The zero-order valence-electron chi connectivity index (χ0n) is 9.64. The first-order valence-electron chi connectivity index (χ1n) is 5.17. The molecule has 0 saturated heterocycles. The van der Waals surface area contributed by atoms with E-state index in [4.69, 9.17) is 5.26 Å². The van der Waals surface area contributed by atoms with Crippen LogP contribution in [0, 0.1) is 18.3 Å². The smallest absolute Gasteiger partial charge is 0.267 e. The van der Waals surface area contributed by atoms with Crippen LogP contribution in [0.5, 0.6) is 0 Å². The molecule has 1 aromatic heterocycles. The normalized spacial score (nSPS) is 9.94. The van der Waals surface area contributed by atoms with Gasteiger partial charge in [-0.05, 0) is 6.92 Å². The number of aryl methyl sites for hydroxylation is 2. The van der Waals surface area contributed by atoms with Gasteiger partial charge in [0.25, 0.3) is 5.56 Å². The highest BCUT2D eigenvalue weighted by molar-refractivity contribution is 5.65. The fourth-order valence-electron chi connectivity index (χ4n) is 1.55. The van der Waals surface area contributed by atoms with Crippen molar-refractivity contribution in [1.82, 2.24) is 9.78 Å². The summed E-state index contributed by atoms with van der Waals surface area (Å²) in [6.07, 6.45) is 0. The van der Waals surface area contributed by atoms with Crippen LogP contribution in [0.25, 0.3) is 11.3 Å². The Morgan fingerprint density at radius 2 is 1.94 bits per heavy atom. The van der Waals surface area contributed by atoms with Gasteiger partial charge in [0.2, 0.25) is 0 Å². The molecule has 4 nitrogen and oxygen atoms in total. The van der Waals surface area contributed by atoms with E-state index in [1.807, 2.05) is 37.3 Å². The third kappa shape index (κ3) is 2.08. The molecule has 0 bridgehead atoms. The minimum Gasteiger partial charge on any atom is -0.268 e. The lowest BCUT2D eigenvalue weighted by Gasteiger charge is -2.05. The van der Waals surface area contributed by atoms with Gasteiger partial charge in [-0.25, -0.2) is 4.68 Å². The Morgan fingerprint density at radius 1 is 1.29 bits per heavy atom. The summed E-state index contributed by atoms with van der Waals surface area (Å²) in [6.45, 7) is 1.99. The summed E-state index contributed by atoms with van der Waals surface area (Å²) in [5, 5.41) is 13.1. The van der Waals surface area contributed by atoms with E-state index in [2.05, 4.69) is 5.10 Å². The van der Waals surface area contributed by atoms with E-state index in [-0.39, 0.29) is 5.56 Å². The quantitative estimate of drug-likeness (QED) is 0.741. The molecule has 1 heterocycles. The molecule has 4 heteroatoms. The number of nitriles is 1. The van der Waals surface area contributed by atoms with Gasteiger partial charge in [-0.2, -0.15) is 10.4 Å². The maximum absolute atomic E-state index is 11.4. The third-order valence-corrected chi connectivity index (χ3v) is 2.54. The minimum absolute atomic E-state index is 0.280. The van der Waals surface area contributed by atoms with Gasteiger partial charge in [-0.3, -0.25) is 4.79 Å². The lowest BCUT2D eigenvalue weighted by Crippen LogP contribution is -2.20. The summed E-state index contributed by atoms with van der Waals surface area (Å²) in [5.74, 6) is 0. The zero-order chi connectivity index (χ0) is 12.4. The van der Waals surface area contributed by atoms with E-state index in [9.17, 15) is 4.79 Å². The predicted octanol–water partition coefficient (Wildman–Crippen LogP) is 1.63. The van der Waals surface area contributed by atoms with E-state index in [1.54, 1.807) is 7.05 Å². The predicted molar refractivity (Wildman–Crippen MR) is 64.4 cm³/mol. The molecule has 0 aliphatic rings. The molecule has 0 aliphatic carbocycles. The molecule has 0 spiro atoms. The van der Waals surface area contributed by atoms with Crippen LogP contribution in [0.15, 0.2) is 35.1 Å². The largest absolute Gasteiger partial charge is 0.268 e. The third-order valence-electron chi connectivity index (χ3n) is 2.54. The number of nitrogens with zero attached hydrogens (tertiary/aromatic N) is 3. The molecule has 0 amide bonds. The number of aromatic nitrogens is 2. The Morgan fingerprint density at radius 3 is 2.53 bits per heavy atom. The van der Waals surface area contributed by atoms with Crippen molar-refractivity contribution in [2.45, 2.75) is 6.92 Å². The maximum Gasteiger partial charge on any atom is 0.267 e. The minimum atomic E-state index is -0.280. The van der Waals surface area contributed by atoms with Crippen molar-refractivity contribution in [3.8, 4) is 17.3 Å². The molecule has 0 radical (unpaired) electrons. The second kappa shape index (κ2) is 4.22. The van der Waals surface area contributed by atoms with Crippen LogP contribution < -0.4 is 5.56 Å². The first kappa shape index (κ1) is 11.1. The van der Waals surface area contributed by atoms with E-state index in [1.165, 1.54) is 10.7 Å². The fraction of sp³-hybridized carbons (Fsp3) is 0.154. The molecular formula is C13H11N3O. The summed E-state index contributed by atoms with van der Waals surface area (Å²) in [7, 11) is 1.57. The Balaban J connectivity index is 2.67. The SMILES string of the molecule is Cc1ccc(-c2nn(C)c(=O)cc2C#N)cc1. The van der Waals surface area contributed by atoms with Crippen molar-refractivity contribution >= 4 is 0 Å². The maximum atomic E-state index is 11.4. The second-order valence-electron chi connectivity index (χ2n) is 3.85. The lowest BCUT2D eigenvalue weighted by atomic mass is 10.1.